The minimum atomic E-state index is -1.28. The van der Waals surface area contributed by atoms with E-state index in [0.717, 1.165) is 16.9 Å². The second-order valence-electron chi connectivity index (χ2n) is 10.6. The van der Waals surface area contributed by atoms with Gasteiger partial charge in [-0.2, -0.15) is 10.5 Å². The Balaban J connectivity index is 1.58. The second kappa shape index (κ2) is 10.6. The van der Waals surface area contributed by atoms with Crippen molar-refractivity contribution in [2.75, 3.05) is 57.6 Å². The third-order valence-electron chi connectivity index (χ3n) is 8.55. The first-order chi connectivity index (χ1) is 20.5. The molecule has 2 fully saturated rings. The number of nitriles is 2. The Morgan fingerprint density at radius 1 is 0.762 bits per heavy atom. The molecule has 3 aromatic carbocycles. The van der Waals surface area contributed by atoms with Gasteiger partial charge in [0.05, 0.1) is 51.5 Å². The molecule has 0 radical (unpaired) electrons. The van der Waals surface area contributed by atoms with Crippen molar-refractivity contribution in [2.24, 2.45) is 15.8 Å². The normalized spacial score (nSPS) is 24.6. The molecule has 10 heteroatoms. The molecule has 212 valence electrons. The lowest BCUT2D eigenvalue weighted by atomic mass is 9.53. The molecule has 9 nitrogen and oxygen atoms in total. The predicted octanol–water partition coefficient (Wildman–Crippen LogP) is 4.81. The van der Waals surface area contributed by atoms with E-state index < -0.39 is 16.7 Å². The third-order valence-corrected chi connectivity index (χ3v) is 9.14. The summed E-state index contributed by atoms with van der Waals surface area (Å²) in [5, 5.41) is 22.4. The lowest BCUT2D eigenvalue weighted by molar-refractivity contribution is 0.202. The van der Waals surface area contributed by atoms with Crippen LogP contribution in [0.3, 0.4) is 0 Å². The summed E-state index contributed by atoms with van der Waals surface area (Å²) >= 11 is 6.26. The van der Waals surface area contributed by atoms with Gasteiger partial charge in [0.15, 0.2) is 0 Å². The molecule has 0 spiro atoms. The Bertz CT molecular complexity index is 1660. The summed E-state index contributed by atoms with van der Waals surface area (Å²) in [5.41, 5.74) is -0.101. The summed E-state index contributed by atoms with van der Waals surface area (Å²) in [4.78, 5) is 11.5. The number of ether oxygens (including phenoxy) is 3. The van der Waals surface area contributed by atoms with Gasteiger partial charge in [0.25, 0.3) is 0 Å². The maximum absolute atomic E-state index is 11.2. The number of nitrogens with zero attached hydrogens (tertiary/aromatic N) is 6. The molecule has 3 heterocycles. The molecule has 3 aliphatic rings. The lowest BCUT2D eigenvalue weighted by Gasteiger charge is -2.61. The number of fused-ring (bicyclic) bond motifs is 4. The average molecular weight is 579 g/mol. The van der Waals surface area contributed by atoms with Gasteiger partial charge in [-0.3, -0.25) is 0 Å². The van der Waals surface area contributed by atoms with E-state index in [0.29, 0.717) is 41.4 Å². The minimum absolute atomic E-state index is 0.257. The van der Waals surface area contributed by atoms with Crippen LogP contribution in [0.4, 0.5) is 11.4 Å². The largest absolute Gasteiger partial charge is 0.496 e. The van der Waals surface area contributed by atoms with E-state index in [1.165, 1.54) is 0 Å². The van der Waals surface area contributed by atoms with Crippen molar-refractivity contribution < 1.29 is 14.2 Å². The smallest absolute Gasteiger partial charge is 0.142 e. The van der Waals surface area contributed by atoms with E-state index in [9.17, 15) is 10.5 Å². The number of methoxy groups -OCH3 is 3. The van der Waals surface area contributed by atoms with Gasteiger partial charge >= 0.3 is 0 Å². The number of thiocarbonyl (C=S) groups is 1. The Labute approximate surface area is 250 Å². The zero-order chi connectivity index (χ0) is 29.5. The Morgan fingerprint density at radius 3 is 1.88 bits per heavy atom. The lowest BCUT2D eigenvalue weighted by Crippen LogP contribution is -2.73. The zero-order valence-corrected chi connectivity index (χ0v) is 24.5. The predicted molar refractivity (Wildman–Crippen MR) is 164 cm³/mol. The maximum atomic E-state index is 11.2. The molecule has 3 aliphatic heterocycles. The molecule has 0 N–H and O–H groups in total. The monoisotopic (exact) mass is 578 g/mol. The molecule has 3 atom stereocenters. The highest BCUT2D eigenvalue weighted by atomic mass is 32.1. The molecular weight excluding hydrogens is 548 g/mol. The summed E-state index contributed by atoms with van der Waals surface area (Å²) in [7, 11) is 4.85. The highest BCUT2D eigenvalue weighted by molar-refractivity contribution is 7.80. The number of amidine groups is 1. The van der Waals surface area contributed by atoms with Gasteiger partial charge < -0.3 is 28.9 Å². The van der Waals surface area contributed by atoms with Gasteiger partial charge in [-0.15, -0.1) is 0 Å². The van der Waals surface area contributed by atoms with E-state index >= 15 is 0 Å². The first kappa shape index (κ1) is 27.4. The maximum Gasteiger partial charge on any atom is 0.142 e. The van der Waals surface area contributed by atoms with Crippen LogP contribution in [0.25, 0.3) is 0 Å². The second-order valence-corrected chi connectivity index (χ2v) is 11.0. The highest BCUT2D eigenvalue weighted by Crippen LogP contribution is 2.60. The Kier molecular flexibility index (Phi) is 6.88. The molecule has 0 aliphatic carbocycles. The van der Waals surface area contributed by atoms with Crippen molar-refractivity contribution in [1.29, 1.82) is 10.5 Å². The summed E-state index contributed by atoms with van der Waals surface area (Å²) in [5.74, 6) is 1.91. The van der Waals surface area contributed by atoms with Crippen LogP contribution in [0.15, 0.2) is 77.8 Å². The Hall–Kier alpha value is -4.80. The van der Waals surface area contributed by atoms with Crippen LogP contribution in [0.5, 0.6) is 17.2 Å². The number of rotatable bonds is 6. The molecule has 0 unspecified atom stereocenters. The fourth-order valence-electron chi connectivity index (χ4n) is 6.79. The first-order valence-corrected chi connectivity index (χ1v) is 14.0. The van der Waals surface area contributed by atoms with E-state index in [4.69, 9.17) is 31.4 Å². The van der Waals surface area contributed by atoms with Crippen molar-refractivity contribution in [3.05, 3.63) is 78.4 Å². The standard InChI is InChI=1S/C32H30N6O3S/c1-39-25-13-7-4-10-22(25)28-31(16-33)18-36(23-11-5-8-14-26(23)40-2)19-32(28,17-34)30(42)38-21-37(20-35-29(31)38)24-12-6-9-15-27(24)41-3/h4-15,28H,18-21H2,1-3H3/t28-,31-,32-/m1/s1. The molecule has 3 aromatic rings. The van der Waals surface area contributed by atoms with Crippen molar-refractivity contribution in [2.45, 2.75) is 5.92 Å². The van der Waals surface area contributed by atoms with Gasteiger partial charge in [0.2, 0.25) is 0 Å². The van der Waals surface area contributed by atoms with Gasteiger partial charge in [0, 0.05) is 24.6 Å². The number of hydrogen-bond donors (Lipinski definition) is 0. The minimum Gasteiger partial charge on any atom is -0.496 e. The van der Waals surface area contributed by atoms with Crippen LogP contribution in [0.1, 0.15) is 11.5 Å². The van der Waals surface area contributed by atoms with Gasteiger partial charge in [-0.05, 0) is 30.3 Å². The first-order valence-electron chi connectivity index (χ1n) is 13.6. The van der Waals surface area contributed by atoms with Crippen molar-refractivity contribution in [3.63, 3.8) is 0 Å². The van der Waals surface area contributed by atoms with Gasteiger partial charge in [-0.1, -0.05) is 54.7 Å². The molecule has 0 amide bonds. The fourth-order valence-corrected chi connectivity index (χ4v) is 7.17. The SMILES string of the molecule is COc1ccccc1[C@H]1[C@@]2(C#N)CN(c3ccccc3OC)C[C@@]1(C#N)C1=NCN(c3ccccc3OC)CN1C2=S. The third kappa shape index (κ3) is 3.87. The highest BCUT2D eigenvalue weighted by Gasteiger charge is 2.69. The van der Waals surface area contributed by atoms with E-state index in [2.05, 4.69) is 17.0 Å². The van der Waals surface area contributed by atoms with Gasteiger partial charge in [-0.25, -0.2) is 4.99 Å². The molecule has 0 aromatic heterocycles. The average Bonchev–Trinajstić information content (AvgIpc) is 3.06. The fraction of sp³-hybridized carbons (Fsp3) is 0.312. The number of piperidine rings is 2. The zero-order valence-electron chi connectivity index (χ0n) is 23.7. The van der Waals surface area contributed by atoms with Crippen LogP contribution < -0.4 is 24.0 Å². The Morgan fingerprint density at radius 2 is 1.29 bits per heavy atom. The van der Waals surface area contributed by atoms with Crippen LogP contribution in [-0.4, -0.2) is 63.5 Å². The van der Waals surface area contributed by atoms with Crippen molar-refractivity contribution >= 4 is 34.4 Å². The van der Waals surface area contributed by atoms with Crippen molar-refractivity contribution in [1.82, 2.24) is 4.90 Å². The van der Waals surface area contributed by atoms with Crippen LogP contribution in [0, 0.1) is 33.5 Å². The topological polar surface area (TPSA) is 97.3 Å². The number of benzene rings is 3. The molecule has 2 saturated heterocycles. The van der Waals surface area contributed by atoms with E-state index in [-0.39, 0.29) is 13.1 Å². The summed E-state index contributed by atoms with van der Waals surface area (Å²) in [6, 6.07) is 28.3. The van der Waals surface area contributed by atoms with Crippen LogP contribution >= 0.6 is 12.2 Å². The van der Waals surface area contributed by atoms with E-state index in [1.54, 1.807) is 21.3 Å². The molecule has 2 bridgehead atoms. The number of hydrogen-bond acceptors (Lipinski definition) is 9. The summed E-state index contributed by atoms with van der Waals surface area (Å²) in [6.45, 7) is 1.17. The number of para-hydroxylation sites is 5. The van der Waals surface area contributed by atoms with Crippen molar-refractivity contribution in [3.8, 4) is 29.4 Å². The number of anilines is 2. The quantitative estimate of drug-likeness (QED) is 0.382. The van der Waals surface area contributed by atoms with E-state index in [1.807, 2.05) is 82.6 Å². The molecule has 42 heavy (non-hydrogen) atoms. The van der Waals surface area contributed by atoms with Crippen LogP contribution in [-0.2, 0) is 0 Å². The molecule has 0 saturated carbocycles. The summed E-state index contributed by atoms with van der Waals surface area (Å²) < 4.78 is 17.1. The molecule has 6 rings (SSSR count). The van der Waals surface area contributed by atoms with Crippen LogP contribution in [0.2, 0.25) is 0 Å². The number of aliphatic imine (C=N–C) groups is 1. The molecular formula is C32H30N6O3S. The van der Waals surface area contributed by atoms with Gasteiger partial charge in [0.1, 0.15) is 45.6 Å². The summed E-state index contributed by atoms with van der Waals surface area (Å²) in [6.07, 6.45) is 0.